The molecular weight excluding hydrogens is 412 g/mol. The zero-order valence-corrected chi connectivity index (χ0v) is 21.7. The van der Waals surface area contributed by atoms with Gasteiger partial charge >= 0.3 is 0 Å². The molecule has 1 unspecified atom stereocenters. The molecule has 178 valence electrons. The fraction of sp³-hybridized carbons (Fsp3) is 0.344. The summed E-state index contributed by atoms with van der Waals surface area (Å²) in [5, 5.41) is 0. The van der Waals surface area contributed by atoms with E-state index in [1.165, 1.54) is 22.3 Å². The molecule has 0 fully saturated rings. The quantitative estimate of drug-likeness (QED) is 0.269. The second-order valence-electron chi connectivity index (χ2n) is 10.8. The van der Waals surface area contributed by atoms with Gasteiger partial charge in [-0.3, -0.25) is 4.99 Å². The van der Waals surface area contributed by atoms with Gasteiger partial charge in [0.15, 0.2) is 0 Å². The van der Waals surface area contributed by atoms with Crippen LogP contribution in [0, 0.1) is 5.92 Å². The predicted octanol–water partition coefficient (Wildman–Crippen LogP) is 8.86. The number of benzene rings is 3. The zero-order chi connectivity index (χ0) is 24.9. The van der Waals surface area contributed by atoms with Gasteiger partial charge in [0, 0.05) is 17.5 Å². The molecule has 34 heavy (non-hydrogen) atoms. The Labute approximate surface area is 206 Å². The summed E-state index contributed by atoms with van der Waals surface area (Å²) in [5.74, 6) is 0.636. The lowest BCUT2D eigenvalue weighted by molar-refractivity contribution is 0.509. The fourth-order valence-electron chi connectivity index (χ4n) is 4.01. The van der Waals surface area contributed by atoms with Gasteiger partial charge in [0.2, 0.25) is 0 Å². The van der Waals surface area contributed by atoms with E-state index >= 15 is 0 Å². The summed E-state index contributed by atoms with van der Waals surface area (Å²) in [5.41, 5.74) is 15.4. The standard InChI is InChI=1S/C32H40N2/c1-22(2)8-19-31(26-11-9-24(10-12-26)23(3)4)34-21-28-20-27(15-18-30(28)33)25-13-16-29(17-14-25)32(5,6)7/h9-18,20-22,31H,3,8,19,33H2,1-2,4-7H3. The highest BCUT2D eigenvalue weighted by Gasteiger charge is 2.14. The van der Waals surface area contributed by atoms with Crippen molar-refractivity contribution in [1.82, 2.24) is 0 Å². The smallest absolute Gasteiger partial charge is 0.0749 e. The second-order valence-corrected chi connectivity index (χ2v) is 10.8. The predicted molar refractivity (Wildman–Crippen MR) is 151 cm³/mol. The first kappa shape index (κ1) is 25.5. The van der Waals surface area contributed by atoms with Crippen LogP contribution in [0.4, 0.5) is 5.69 Å². The molecule has 0 saturated heterocycles. The largest absolute Gasteiger partial charge is 0.398 e. The summed E-state index contributed by atoms with van der Waals surface area (Å²) >= 11 is 0. The lowest BCUT2D eigenvalue weighted by Gasteiger charge is -2.19. The molecule has 0 spiro atoms. The molecule has 3 aromatic carbocycles. The number of hydrogen-bond donors (Lipinski definition) is 1. The Morgan fingerprint density at radius 1 is 0.912 bits per heavy atom. The molecule has 2 heteroatoms. The van der Waals surface area contributed by atoms with Gasteiger partial charge in [0.25, 0.3) is 0 Å². The summed E-state index contributed by atoms with van der Waals surface area (Å²) < 4.78 is 0. The maximum Gasteiger partial charge on any atom is 0.0749 e. The molecule has 0 aliphatic carbocycles. The van der Waals surface area contributed by atoms with Crippen LogP contribution in [-0.4, -0.2) is 6.21 Å². The van der Waals surface area contributed by atoms with Crippen molar-refractivity contribution in [3.8, 4) is 11.1 Å². The van der Waals surface area contributed by atoms with Crippen molar-refractivity contribution in [2.75, 3.05) is 5.73 Å². The zero-order valence-electron chi connectivity index (χ0n) is 21.7. The number of nitrogens with zero attached hydrogens (tertiary/aromatic N) is 1. The molecule has 2 nitrogen and oxygen atoms in total. The second kappa shape index (κ2) is 10.9. The highest BCUT2D eigenvalue weighted by Crippen LogP contribution is 2.29. The van der Waals surface area contributed by atoms with Gasteiger partial charge in [0.1, 0.15) is 0 Å². The van der Waals surface area contributed by atoms with E-state index in [-0.39, 0.29) is 11.5 Å². The number of allylic oxidation sites excluding steroid dienone is 1. The minimum atomic E-state index is 0.107. The minimum Gasteiger partial charge on any atom is -0.398 e. The molecule has 3 aromatic rings. The Morgan fingerprint density at radius 2 is 1.53 bits per heavy atom. The summed E-state index contributed by atoms with van der Waals surface area (Å²) in [7, 11) is 0. The van der Waals surface area contributed by atoms with E-state index in [2.05, 4.69) is 102 Å². The molecule has 0 aliphatic rings. The van der Waals surface area contributed by atoms with Gasteiger partial charge in [-0.05, 0) is 71.0 Å². The average Bonchev–Trinajstić information content (AvgIpc) is 2.79. The number of aliphatic imine (C=N–C) groups is 1. The molecule has 0 aromatic heterocycles. The number of hydrogen-bond acceptors (Lipinski definition) is 2. The molecule has 0 heterocycles. The van der Waals surface area contributed by atoms with E-state index in [0.717, 1.165) is 35.2 Å². The van der Waals surface area contributed by atoms with Crippen molar-refractivity contribution in [1.29, 1.82) is 0 Å². The highest BCUT2D eigenvalue weighted by atomic mass is 14.8. The van der Waals surface area contributed by atoms with Crippen LogP contribution in [0.25, 0.3) is 16.7 Å². The van der Waals surface area contributed by atoms with Crippen LogP contribution < -0.4 is 5.73 Å². The third-order valence-electron chi connectivity index (χ3n) is 6.37. The number of nitrogen functional groups attached to an aromatic ring is 1. The minimum absolute atomic E-state index is 0.107. The van der Waals surface area contributed by atoms with Crippen LogP contribution in [0.2, 0.25) is 0 Å². The summed E-state index contributed by atoms with van der Waals surface area (Å²) in [6.45, 7) is 17.3. The molecule has 0 aliphatic heterocycles. The van der Waals surface area contributed by atoms with Crippen molar-refractivity contribution in [3.05, 3.63) is 95.6 Å². The molecular formula is C32H40N2. The maximum atomic E-state index is 6.35. The van der Waals surface area contributed by atoms with E-state index < -0.39 is 0 Å². The van der Waals surface area contributed by atoms with E-state index in [9.17, 15) is 0 Å². The Kier molecular flexibility index (Phi) is 8.15. The van der Waals surface area contributed by atoms with Crippen LogP contribution in [0.3, 0.4) is 0 Å². The molecule has 0 bridgehead atoms. The van der Waals surface area contributed by atoms with Gasteiger partial charge in [-0.25, -0.2) is 0 Å². The normalized spacial score (nSPS) is 12.9. The van der Waals surface area contributed by atoms with Gasteiger partial charge in [-0.2, -0.15) is 0 Å². The lowest BCUT2D eigenvalue weighted by atomic mass is 9.86. The van der Waals surface area contributed by atoms with Crippen LogP contribution in [0.5, 0.6) is 0 Å². The molecule has 1 atom stereocenters. The third kappa shape index (κ3) is 6.70. The average molecular weight is 453 g/mol. The molecule has 0 saturated carbocycles. The summed E-state index contributed by atoms with van der Waals surface area (Å²) in [4.78, 5) is 5.03. The van der Waals surface area contributed by atoms with Crippen molar-refractivity contribution in [2.45, 2.75) is 65.8 Å². The Bertz CT molecular complexity index is 1130. The van der Waals surface area contributed by atoms with E-state index in [1.807, 2.05) is 19.2 Å². The molecule has 0 radical (unpaired) electrons. The SMILES string of the molecule is C=C(C)c1ccc(C(CCC(C)C)N=Cc2cc(-c3ccc(C(C)(C)C)cc3)ccc2N)cc1. The van der Waals surface area contributed by atoms with Crippen LogP contribution >= 0.6 is 0 Å². The van der Waals surface area contributed by atoms with Crippen LogP contribution in [0.1, 0.15) is 82.7 Å². The lowest BCUT2D eigenvalue weighted by Crippen LogP contribution is -2.10. The molecule has 0 amide bonds. The third-order valence-corrected chi connectivity index (χ3v) is 6.37. The molecule has 2 N–H and O–H groups in total. The van der Waals surface area contributed by atoms with Crippen molar-refractivity contribution in [3.63, 3.8) is 0 Å². The van der Waals surface area contributed by atoms with Crippen molar-refractivity contribution >= 4 is 17.5 Å². The van der Waals surface area contributed by atoms with Gasteiger partial charge in [-0.15, -0.1) is 0 Å². The monoisotopic (exact) mass is 452 g/mol. The van der Waals surface area contributed by atoms with E-state index in [1.54, 1.807) is 0 Å². The first-order chi connectivity index (χ1) is 16.0. The van der Waals surface area contributed by atoms with E-state index in [4.69, 9.17) is 10.7 Å². The van der Waals surface area contributed by atoms with Crippen LogP contribution in [-0.2, 0) is 5.41 Å². The van der Waals surface area contributed by atoms with Crippen molar-refractivity contribution in [2.24, 2.45) is 10.9 Å². The fourth-order valence-corrected chi connectivity index (χ4v) is 4.01. The number of nitrogens with two attached hydrogens (primary N) is 1. The summed E-state index contributed by atoms with van der Waals surface area (Å²) in [6, 6.07) is 23.8. The maximum absolute atomic E-state index is 6.35. The van der Waals surface area contributed by atoms with Gasteiger partial charge < -0.3 is 5.73 Å². The Balaban J connectivity index is 1.88. The van der Waals surface area contributed by atoms with Gasteiger partial charge in [0.05, 0.1) is 6.04 Å². The van der Waals surface area contributed by atoms with Gasteiger partial charge in [-0.1, -0.05) is 101 Å². The number of rotatable bonds is 8. The highest BCUT2D eigenvalue weighted by molar-refractivity contribution is 5.89. The first-order valence-electron chi connectivity index (χ1n) is 12.3. The van der Waals surface area contributed by atoms with Crippen molar-refractivity contribution < 1.29 is 0 Å². The summed E-state index contributed by atoms with van der Waals surface area (Å²) in [6.07, 6.45) is 4.09. The molecule has 3 rings (SSSR count). The first-order valence-corrected chi connectivity index (χ1v) is 12.3. The Hall–Kier alpha value is -3.13. The Morgan fingerprint density at radius 3 is 2.09 bits per heavy atom. The topological polar surface area (TPSA) is 38.4 Å². The van der Waals surface area contributed by atoms with Crippen LogP contribution in [0.15, 0.2) is 78.3 Å². The van der Waals surface area contributed by atoms with E-state index in [0.29, 0.717) is 5.92 Å². The number of anilines is 1.